The Balaban J connectivity index is 2.03. The van der Waals surface area contributed by atoms with Gasteiger partial charge in [0.25, 0.3) is 0 Å². The summed E-state index contributed by atoms with van der Waals surface area (Å²) in [5.41, 5.74) is 0. The van der Waals surface area contributed by atoms with Crippen molar-refractivity contribution in [1.82, 2.24) is 24.0 Å². The van der Waals surface area contributed by atoms with Crippen LogP contribution in [-0.2, 0) is 20.1 Å². The molecule has 0 aromatic carbocycles. The van der Waals surface area contributed by atoms with Gasteiger partial charge in [-0.2, -0.15) is 8.78 Å². The summed E-state index contributed by atoms with van der Waals surface area (Å²) in [6.07, 6.45) is 4.20. The first-order valence-corrected chi connectivity index (χ1v) is 6.01. The summed E-state index contributed by atoms with van der Waals surface area (Å²) in [6.45, 7) is -1.77. The Labute approximate surface area is 114 Å². The first-order chi connectivity index (χ1) is 8.99. The lowest BCUT2D eigenvalue weighted by atomic mass is 10.4. The quantitative estimate of drug-likeness (QED) is 0.848. The van der Waals surface area contributed by atoms with Crippen LogP contribution in [0.5, 0.6) is 0 Å². The second kappa shape index (κ2) is 5.66. The zero-order chi connectivity index (χ0) is 14.0. The highest BCUT2D eigenvalue weighted by molar-refractivity contribution is 6.29. The maximum atomic E-state index is 12.7. The smallest absolute Gasteiger partial charge is 0.319 e. The molecule has 104 valence electrons. The highest BCUT2D eigenvalue weighted by atomic mass is 35.5. The molecule has 8 heteroatoms. The van der Waals surface area contributed by atoms with Crippen molar-refractivity contribution in [2.75, 3.05) is 7.05 Å². The highest BCUT2D eigenvalue weighted by Crippen LogP contribution is 2.15. The number of hydrogen-bond acceptors (Lipinski definition) is 3. The van der Waals surface area contributed by atoms with Crippen LogP contribution in [0.25, 0.3) is 0 Å². The van der Waals surface area contributed by atoms with Gasteiger partial charge in [-0.15, -0.1) is 0 Å². The van der Waals surface area contributed by atoms with E-state index in [2.05, 4.69) is 9.97 Å². The largest absolute Gasteiger partial charge is 0.321 e. The van der Waals surface area contributed by atoms with E-state index in [0.29, 0.717) is 24.1 Å². The Morgan fingerprint density at radius 2 is 2.00 bits per heavy atom. The third-order valence-electron chi connectivity index (χ3n) is 2.81. The summed E-state index contributed by atoms with van der Waals surface area (Å²) < 4.78 is 27.9. The van der Waals surface area contributed by atoms with Gasteiger partial charge in [-0.25, -0.2) is 9.97 Å². The second-order valence-electron chi connectivity index (χ2n) is 4.26. The molecular weight excluding hydrogens is 276 g/mol. The fourth-order valence-electron chi connectivity index (χ4n) is 1.75. The van der Waals surface area contributed by atoms with Crippen molar-refractivity contribution in [3.05, 3.63) is 35.4 Å². The maximum absolute atomic E-state index is 12.7. The van der Waals surface area contributed by atoms with Gasteiger partial charge in [-0.1, -0.05) is 11.6 Å². The molecule has 0 bridgehead atoms. The molecule has 0 saturated carbocycles. The average molecular weight is 290 g/mol. The number of halogens is 3. The molecule has 0 saturated heterocycles. The lowest BCUT2D eigenvalue weighted by Crippen LogP contribution is -2.22. The normalized spacial score (nSPS) is 11.7. The molecule has 0 atom stereocenters. The Morgan fingerprint density at radius 1 is 1.32 bits per heavy atom. The predicted octanol–water partition coefficient (Wildman–Crippen LogP) is 2.30. The molecule has 0 aliphatic heterocycles. The first-order valence-electron chi connectivity index (χ1n) is 5.63. The van der Waals surface area contributed by atoms with Crippen molar-refractivity contribution < 1.29 is 8.78 Å². The standard InChI is InChI=1S/C11H14ClF2N5/c1-17(6-9-16-5-8(12)18(9)2)7-10-15-3-4-19(10)11(13)14/h3-5,11H,6-7H2,1-2H3. The van der Waals surface area contributed by atoms with E-state index in [0.717, 1.165) is 10.4 Å². The summed E-state index contributed by atoms with van der Waals surface area (Å²) in [4.78, 5) is 9.94. The molecule has 0 fully saturated rings. The summed E-state index contributed by atoms with van der Waals surface area (Å²) in [7, 11) is 3.62. The van der Waals surface area contributed by atoms with Gasteiger partial charge in [-0.3, -0.25) is 9.47 Å². The van der Waals surface area contributed by atoms with E-state index in [1.165, 1.54) is 12.4 Å². The van der Waals surface area contributed by atoms with E-state index in [4.69, 9.17) is 11.6 Å². The van der Waals surface area contributed by atoms with Gasteiger partial charge in [-0.05, 0) is 7.05 Å². The van der Waals surface area contributed by atoms with Crippen LogP contribution in [0.1, 0.15) is 18.2 Å². The number of imidazole rings is 2. The van der Waals surface area contributed by atoms with E-state index in [1.54, 1.807) is 17.8 Å². The lowest BCUT2D eigenvalue weighted by Gasteiger charge is -2.16. The van der Waals surface area contributed by atoms with E-state index >= 15 is 0 Å². The van der Waals surface area contributed by atoms with Crippen molar-refractivity contribution in [2.45, 2.75) is 19.6 Å². The molecule has 0 unspecified atom stereocenters. The summed E-state index contributed by atoms with van der Waals surface area (Å²) in [5, 5.41) is 0.539. The van der Waals surface area contributed by atoms with Gasteiger partial charge in [0.2, 0.25) is 0 Å². The molecule has 0 spiro atoms. The minimum Gasteiger partial charge on any atom is -0.321 e. The number of alkyl halides is 2. The van der Waals surface area contributed by atoms with Crippen molar-refractivity contribution in [2.24, 2.45) is 7.05 Å². The van der Waals surface area contributed by atoms with Crippen molar-refractivity contribution in [3.8, 4) is 0 Å². The topological polar surface area (TPSA) is 38.9 Å². The minimum absolute atomic E-state index is 0.307. The molecule has 2 rings (SSSR count). The SMILES string of the molecule is CN(Cc1nccn1C(F)F)Cc1ncc(Cl)n1C. The molecule has 0 amide bonds. The van der Waals surface area contributed by atoms with Gasteiger partial charge >= 0.3 is 6.55 Å². The number of nitrogens with zero attached hydrogens (tertiary/aromatic N) is 5. The third-order valence-corrected chi connectivity index (χ3v) is 3.16. The van der Waals surface area contributed by atoms with Crippen LogP contribution in [0, 0.1) is 0 Å². The van der Waals surface area contributed by atoms with Gasteiger partial charge in [0.05, 0.1) is 19.3 Å². The third kappa shape index (κ3) is 3.10. The summed E-state index contributed by atoms with van der Waals surface area (Å²) in [6, 6.07) is 0. The van der Waals surface area contributed by atoms with Crippen LogP contribution >= 0.6 is 11.6 Å². The molecule has 0 radical (unpaired) electrons. The van der Waals surface area contributed by atoms with Crippen molar-refractivity contribution >= 4 is 11.6 Å². The lowest BCUT2D eigenvalue weighted by molar-refractivity contribution is 0.0643. The number of rotatable bonds is 5. The van der Waals surface area contributed by atoms with Crippen molar-refractivity contribution in [3.63, 3.8) is 0 Å². The van der Waals surface area contributed by atoms with E-state index in [1.807, 2.05) is 11.9 Å². The zero-order valence-electron chi connectivity index (χ0n) is 10.6. The Bertz CT molecular complexity index is 551. The van der Waals surface area contributed by atoms with E-state index in [9.17, 15) is 8.78 Å². The molecule has 2 aromatic heterocycles. The average Bonchev–Trinajstić information content (AvgIpc) is 2.91. The Kier molecular flexibility index (Phi) is 4.16. The molecule has 2 aromatic rings. The molecule has 2 heterocycles. The maximum Gasteiger partial charge on any atom is 0.319 e. The van der Waals surface area contributed by atoms with Gasteiger partial charge < -0.3 is 4.57 Å². The molecule has 5 nitrogen and oxygen atoms in total. The fraction of sp³-hybridized carbons (Fsp3) is 0.455. The molecule has 0 N–H and O–H groups in total. The molecular formula is C11H14ClF2N5. The fourth-order valence-corrected chi connectivity index (χ4v) is 1.90. The summed E-state index contributed by atoms with van der Waals surface area (Å²) >= 11 is 5.89. The van der Waals surface area contributed by atoms with Crippen LogP contribution in [-0.4, -0.2) is 31.0 Å². The van der Waals surface area contributed by atoms with E-state index in [-0.39, 0.29) is 0 Å². The van der Waals surface area contributed by atoms with Gasteiger partial charge in [0, 0.05) is 19.4 Å². The van der Waals surface area contributed by atoms with Crippen molar-refractivity contribution in [1.29, 1.82) is 0 Å². The molecule has 0 aliphatic rings. The highest BCUT2D eigenvalue weighted by Gasteiger charge is 2.14. The first kappa shape index (κ1) is 14.0. The van der Waals surface area contributed by atoms with Crippen LogP contribution in [0.4, 0.5) is 8.78 Å². The van der Waals surface area contributed by atoms with Gasteiger partial charge in [0.1, 0.15) is 16.8 Å². The second-order valence-corrected chi connectivity index (χ2v) is 4.64. The Hall–Kier alpha value is -1.47. The molecule has 19 heavy (non-hydrogen) atoms. The Morgan fingerprint density at radius 3 is 2.58 bits per heavy atom. The minimum atomic E-state index is -2.58. The number of hydrogen-bond donors (Lipinski definition) is 0. The predicted molar refractivity (Wildman–Crippen MR) is 66.9 cm³/mol. The monoisotopic (exact) mass is 289 g/mol. The van der Waals surface area contributed by atoms with Gasteiger partial charge in [0.15, 0.2) is 0 Å². The van der Waals surface area contributed by atoms with Crippen LogP contribution in [0.3, 0.4) is 0 Å². The zero-order valence-corrected chi connectivity index (χ0v) is 11.3. The summed E-state index contributed by atoms with van der Waals surface area (Å²) in [5.74, 6) is 1.08. The van der Waals surface area contributed by atoms with E-state index < -0.39 is 6.55 Å². The molecule has 0 aliphatic carbocycles. The van der Waals surface area contributed by atoms with Crippen LogP contribution in [0.15, 0.2) is 18.6 Å². The number of aromatic nitrogens is 4. The van der Waals surface area contributed by atoms with Crippen LogP contribution in [0.2, 0.25) is 5.15 Å². The van der Waals surface area contributed by atoms with Crippen LogP contribution < -0.4 is 0 Å².